The lowest BCUT2D eigenvalue weighted by atomic mass is 10.1. The molecule has 3 N–H and O–H groups in total. The summed E-state index contributed by atoms with van der Waals surface area (Å²) in [5.41, 5.74) is 5.66. The molecule has 120 valence electrons. The second kappa shape index (κ2) is 9.16. The highest BCUT2D eigenvalue weighted by Crippen LogP contribution is 2.25. The van der Waals surface area contributed by atoms with Crippen LogP contribution in [0.15, 0.2) is 0 Å². The van der Waals surface area contributed by atoms with Gasteiger partial charge in [-0.25, -0.2) is 0 Å². The SMILES string of the molecule is CCN1C(=O)CC(SC[C@H](N)C(=O)CCC(=O)O)C1=O.[Br-]. The summed E-state index contributed by atoms with van der Waals surface area (Å²) in [6.07, 6.45) is -0.231. The molecule has 0 aromatic heterocycles. The van der Waals surface area contributed by atoms with E-state index in [0.717, 1.165) is 0 Å². The number of rotatable bonds is 8. The number of likely N-dealkylation sites (tertiary alicyclic amines) is 1. The number of halogens is 1. The number of carbonyl (C=O) groups is 4. The van der Waals surface area contributed by atoms with Gasteiger partial charge in [0, 0.05) is 25.1 Å². The molecule has 1 unspecified atom stereocenters. The summed E-state index contributed by atoms with van der Waals surface area (Å²) < 4.78 is 0. The molecule has 1 aliphatic rings. The number of Topliss-reactive ketones (excluding diaryl/α,β-unsaturated/α-hetero) is 1. The van der Waals surface area contributed by atoms with Gasteiger partial charge in [0.25, 0.3) is 0 Å². The van der Waals surface area contributed by atoms with Gasteiger partial charge in [0.2, 0.25) is 11.8 Å². The van der Waals surface area contributed by atoms with E-state index in [1.54, 1.807) is 6.92 Å². The third kappa shape index (κ3) is 5.76. The number of ketones is 1. The maximum atomic E-state index is 11.8. The molecule has 0 aromatic rings. The Morgan fingerprint density at radius 1 is 1.43 bits per heavy atom. The number of carboxylic acids is 1. The standard InChI is InChI=1S/C12H18N2O5S.BrH/c1-2-14-10(16)5-9(12(14)19)20-6-7(13)8(15)3-4-11(17)18;/h7,9H,2-6,13H2,1H3,(H,17,18);1H/p-1/t7-,9?;/m0./s1. The topological polar surface area (TPSA) is 118 Å². The fraction of sp³-hybridized carbons (Fsp3) is 0.667. The minimum absolute atomic E-state index is 0. The van der Waals surface area contributed by atoms with Crippen LogP contribution in [-0.2, 0) is 19.2 Å². The molecule has 0 aliphatic carbocycles. The number of imide groups is 1. The summed E-state index contributed by atoms with van der Waals surface area (Å²) in [5.74, 6) is -1.63. The Morgan fingerprint density at radius 3 is 2.52 bits per heavy atom. The van der Waals surface area contributed by atoms with Crippen molar-refractivity contribution in [3.05, 3.63) is 0 Å². The Bertz CT molecular complexity index is 432. The normalized spacial score (nSPS) is 19.3. The molecule has 1 saturated heterocycles. The van der Waals surface area contributed by atoms with Crippen LogP contribution >= 0.6 is 11.8 Å². The van der Waals surface area contributed by atoms with Gasteiger partial charge in [0.1, 0.15) is 0 Å². The number of nitrogens with two attached hydrogens (primary N) is 1. The minimum Gasteiger partial charge on any atom is -1.00 e. The molecule has 1 rings (SSSR count). The van der Waals surface area contributed by atoms with Gasteiger partial charge in [-0.3, -0.25) is 24.1 Å². The Labute approximate surface area is 137 Å². The second-order valence-corrected chi connectivity index (χ2v) is 5.70. The number of nitrogens with zero attached hydrogens (tertiary/aromatic N) is 1. The summed E-state index contributed by atoms with van der Waals surface area (Å²) in [4.78, 5) is 46.4. The highest BCUT2D eigenvalue weighted by atomic mass is 79.9. The third-order valence-electron chi connectivity index (χ3n) is 2.99. The van der Waals surface area contributed by atoms with Crippen molar-refractivity contribution in [1.29, 1.82) is 0 Å². The van der Waals surface area contributed by atoms with Crippen LogP contribution in [0.25, 0.3) is 0 Å². The Balaban J connectivity index is 0.00000400. The summed E-state index contributed by atoms with van der Waals surface area (Å²) >= 11 is 1.18. The van der Waals surface area contributed by atoms with Crippen LogP contribution in [0.1, 0.15) is 26.2 Å². The Kier molecular flexibility index (Phi) is 8.76. The number of aliphatic carboxylic acids is 1. The molecule has 1 aliphatic heterocycles. The van der Waals surface area contributed by atoms with Crippen LogP contribution in [0.4, 0.5) is 0 Å². The fourth-order valence-electron chi connectivity index (χ4n) is 1.84. The predicted molar refractivity (Wildman–Crippen MR) is 73.1 cm³/mol. The number of hydrogen-bond donors (Lipinski definition) is 2. The third-order valence-corrected chi connectivity index (χ3v) is 4.32. The number of carbonyl (C=O) groups excluding carboxylic acids is 3. The van der Waals surface area contributed by atoms with E-state index < -0.39 is 17.3 Å². The lowest BCUT2D eigenvalue weighted by Gasteiger charge is -2.13. The van der Waals surface area contributed by atoms with Crippen LogP contribution in [0, 0.1) is 0 Å². The van der Waals surface area contributed by atoms with Crippen molar-refractivity contribution < 1.29 is 41.3 Å². The molecule has 1 heterocycles. The number of amides is 2. The smallest absolute Gasteiger partial charge is 0.303 e. The molecule has 0 spiro atoms. The van der Waals surface area contributed by atoms with E-state index in [4.69, 9.17) is 10.8 Å². The second-order valence-electron chi connectivity index (χ2n) is 4.47. The van der Waals surface area contributed by atoms with Gasteiger partial charge < -0.3 is 27.8 Å². The first kappa shape index (κ1) is 20.1. The first-order valence-corrected chi connectivity index (χ1v) is 7.37. The van der Waals surface area contributed by atoms with Crippen LogP contribution in [0.5, 0.6) is 0 Å². The van der Waals surface area contributed by atoms with Gasteiger partial charge in [0.05, 0.1) is 17.7 Å². The van der Waals surface area contributed by atoms with Crippen molar-refractivity contribution in [2.75, 3.05) is 12.3 Å². The molecule has 21 heavy (non-hydrogen) atoms. The van der Waals surface area contributed by atoms with Crippen LogP contribution < -0.4 is 22.7 Å². The first-order chi connectivity index (χ1) is 9.36. The number of thioether (sulfide) groups is 1. The van der Waals surface area contributed by atoms with Crippen molar-refractivity contribution in [3.8, 4) is 0 Å². The van der Waals surface area contributed by atoms with Crippen molar-refractivity contribution >= 4 is 35.3 Å². The molecule has 9 heteroatoms. The van der Waals surface area contributed by atoms with Crippen molar-refractivity contribution in [3.63, 3.8) is 0 Å². The number of carboxylic acid groups (broad SMARTS) is 1. The van der Waals surface area contributed by atoms with Gasteiger partial charge in [-0.15, -0.1) is 11.8 Å². The molecular weight excluding hydrogens is 364 g/mol. The molecule has 2 atom stereocenters. The maximum Gasteiger partial charge on any atom is 0.303 e. The van der Waals surface area contributed by atoms with Gasteiger partial charge in [0.15, 0.2) is 5.78 Å². The summed E-state index contributed by atoms with van der Waals surface area (Å²) in [6.45, 7) is 2.07. The summed E-state index contributed by atoms with van der Waals surface area (Å²) in [6, 6.07) is -0.807. The zero-order chi connectivity index (χ0) is 15.3. The lowest BCUT2D eigenvalue weighted by Crippen LogP contribution is -3.00. The van der Waals surface area contributed by atoms with Gasteiger partial charge in [-0.1, -0.05) is 0 Å². The van der Waals surface area contributed by atoms with E-state index in [1.165, 1.54) is 16.7 Å². The van der Waals surface area contributed by atoms with Crippen LogP contribution in [-0.4, -0.2) is 57.2 Å². The van der Waals surface area contributed by atoms with E-state index in [2.05, 4.69) is 0 Å². The highest BCUT2D eigenvalue weighted by Gasteiger charge is 2.38. The Morgan fingerprint density at radius 2 is 2.05 bits per heavy atom. The maximum absolute atomic E-state index is 11.8. The monoisotopic (exact) mass is 381 g/mol. The highest BCUT2D eigenvalue weighted by molar-refractivity contribution is 8.00. The molecule has 1 fully saturated rings. The van der Waals surface area contributed by atoms with E-state index in [9.17, 15) is 19.2 Å². The van der Waals surface area contributed by atoms with Gasteiger partial charge in [-0.2, -0.15) is 0 Å². The van der Waals surface area contributed by atoms with Gasteiger partial charge in [-0.05, 0) is 6.92 Å². The molecule has 7 nitrogen and oxygen atoms in total. The molecule has 2 amide bonds. The lowest BCUT2D eigenvalue weighted by molar-refractivity contribution is -0.139. The van der Waals surface area contributed by atoms with E-state index in [1.807, 2.05) is 0 Å². The van der Waals surface area contributed by atoms with Crippen molar-refractivity contribution in [1.82, 2.24) is 4.90 Å². The van der Waals surface area contributed by atoms with E-state index in [-0.39, 0.29) is 59.6 Å². The molecule has 0 saturated carbocycles. The molecule has 0 bridgehead atoms. The predicted octanol–water partition coefficient (Wildman–Crippen LogP) is -3.37. The zero-order valence-electron chi connectivity index (χ0n) is 11.6. The average molecular weight is 382 g/mol. The minimum atomic E-state index is -1.05. The van der Waals surface area contributed by atoms with E-state index in [0.29, 0.717) is 6.54 Å². The van der Waals surface area contributed by atoms with Crippen LogP contribution in [0.2, 0.25) is 0 Å². The summed E-state index contributed by atoms with van der Waals surface area (Å²) in [5, 5.41) is 8.00. The zero-order valence-corrected chi connectivity index (χ0v) is 14.0. The fourth-order valence-corrected chi connectivity index (χ4v) is 3.00. The number of hydrogen-bond acceptors (Lipinski definition) is 6. The van der Waals surface area contributed by atoms with Gasteiger partial charge >= 0.3 is 5.97 Å². The summed E-state index contributed by atoms with van der Waals surface area (Å²) in [7, 11) is 0. The van der Waals surface area contributed by atoms with Crippen molar-refractivity contribution in [2.24, 2.45) is 5.73 Å². The van der Waals surface area contributed by atoms with E-state index >= 15 is 0 Å². The van der Waals surface area contributed by atoms with Crippen LogP contribution in [0.3, 0.4) is 0 Å². The molecular formula is C12H18BrN2O5S-. The van der Waals surface area contributed by atoms with Crippen molar-refractivity contribution in [2.45, 2.75) is 37.5 Å². The largest absolute Gasteiger partial charge is 1.00 e. The quantitative estimate of drug-likeness (QED) is 0.421. The Hall–Kier alpha value is -0.930. The molecule has 0 aromatic carbocycles. The average Bonchev–Trinajstić information content (AvgIpc) is 2.67. The molecule has 0 radical (unpaired) electrons. The first-order valence-electron chi connectivity index (χ1n) is 6.32.